The van der Waals surface area contributed by atoms with Gasteiger partial charge in [0.25, 0.3) is 0 Å². The quantitative estimate of drug-likeness (QED) is 0.838. The Morgan fingerprint density at radius 2 is 2.06 bits per heavy atom. The molecule has 0 aliphatic carbocycles. The van der Waals surface area contributed by atoms with Gasteiger partial charge in [-0.3, -0.25) is 4.72 Å². The van der Waals surface area contributed by atoms with Crippen LogP contribution < -0.4 is 4.72 Å². The molecule has 0 saturated carbocycles. The second kappa shape index (κ2) is 6.19. The summed E-state index contributed by atoms with van der Waals surface area (Å²) in [6.45, 7) is 3.56. The Kier molecular flexibility index (Phi) is 5.15. The molecular weight excluding hydrogens is 322 g/mol. The molecule has 1 rings (SSSR count). The predicted molar refractivity (Wildman–Crippen MR) is 73.2 cm³/mol. The molecule has 1 aromatic rings. The van der Waals surface area contributed by atoms with E-state index in [1.54, 1.807) is 13.8 Å². The molecule has 0 unspecified atom stereocenters. The second-order valence-electron chi connectivity index (χ2n) is 3.42. The molecule has 100 valence electrons. The zero-order chi connectivity index (χ0) is 13.8. The molecule has 0 heterocycles. The second-order valence-corrected chi connectivity index (χ2v) is 6.29. The lowest BCUT2D eigenvalue weighted by molar-refractivity contribution is 0.0526. The fraction of sp³-hybridized carbons (Fsp3) is 0.364. The fourth-order valence-electron chi connectivity index (χ4n) is 1.18. The van der Waals surface area contributed by atoms with Gasteiger partial charge in [0.1, 0.15) is 0 Å². The first kappa shape index (κ1) is 15.0. The number of halogens is 1. The molecule has 5 nitrogen and oxygen atoms in total. The molecule has 0 fully saturated rings. The molecule has 0 amide bonds. The first-order valence-corrected chi connectivity index (χ1v) is 7.81. The summed E-state index contributed by atoms with van der Waals surface area (Å²) in [5, 5.41) is 0. The van der Waals surface area contributed by atoms with E-state index in [2.05, 4.69) is 20.7 Å². The van der Waals surface area contributed by atoms with Crippen molar-refractivity contribution in [1.82, 2.24) is 0 Å². The van der Waals surface area contributed by atoms with Crippen molar-refractivity contribution in [2.24, 2.45) is 0 Å². The number of hydrogen-bond acceptors (Lipinski definition) is 4. The van der Waals surface area contributed by atoms with Crippen LogP contribution in [0.3, 0.4) is 0 Å². The Morgan fingerprint density at radius 3 is 2.56 bits per heavy atom. The highest BCUT2D eigenvalue weighted by Crippen LogP contribution is 2.25. The highest BCUT2D eigenvalue weighted by molar-refractivity contribution is 9.10. The number of hydrogen-bond donors (Lipinski definition) is 1. The largest absolute Gasteiger partial charge is 0.462 e. The molecule has 0 bridgehead atoms. The van der Waals surface area contributed by atoms with Crippen LogP contribution in [0.2, 0.25) is 0 Å². The van der Waals surface area contributed by atoms with E-state index >= 15 is 0 Å². The van der Waals surface area contributed by atoms with Crippen molar-refractivity contribution in [3.05, 3.63) is 28.2 Å². The van der Waals surface area contributed by atoms with Crippen LogP contribution >= 0.6 is 15.9 Å². The molecule has 1 aromatic carbocycles. The summed E-state index contributed by atoms with van der Waals surface area (Å²) in [5.41, 5.74) is 0.757. The van der Waals surface area contributed by atoms with Crippen LogP contribution in [0.5, 0.6) is 0 Å². The number of rotatable bonds is 5. The number of carbonyl (C=O) groups is 1. The first-order valence-electron chi connectivity index (χ1n) is 5.36. The monoisotopic (exact) mass is 335 g/mol. The van der Waals surface area contributed by atoms with E-state index in [0.717, 1.165) is 0 Å². The summed E-state index contributed by atoms with van der Waals surface area (Å²) >= 11 is 3.21. The van der Waals surface area contributed by atoms with Gasteiger partial charge in [0.2, 0.25) is 10.0 Å². The topological polar surface area (TPSA) is 72.5 Å². The zero-order valence-electron chi connectivity index (χ0n) is 10.1. The minimum absolute atomic E-state index is 0.0148. The normalized spacial score (nSPS) is 11.1. The SMILES string of the molecule is CCOC(=O)c1ccc(NS(=O)(=O)CC)c(Br)c1. The van der Waals surface area contributed by atoms with Crippen molar-refractivity contribution in [3.63, 3.8) is 0 Å². The van der Waals surface area contributed by atoms with Crippen molar-refractivity contribution in [1.29, 1.82) is 0 Å². The van der Waals surface area contributed by atoms with Crippen LogP contribution in [0.15, 0.2) is 22.7 Å². The van der Waals surface area contributed by atoms with Gasteiger partial charge < -0.3 is 4.74 Å². The third-order valence-corrected chi connectivity index (χ3v) is 4.07. The number of sulfonamides is 1. The van der Waals surface area contributed by atoms with Crippen molar-refractivity contribution in [2.75, 3.05) is 17.1 Å². The maximum Gasteiger partial charge on any atom is 0.338 e. The highest BCUT2D eigenvalue weighted by atomic mass is 79.9. The number of benzene rings is 1. The van der Waals surface area contributed by atoms with Gasteiger partial charge in [-0.05, 0) is 48.0 Å². The van der Waals surface area contributed by atoms with Crippen LogP contribution in [-0.4, -0.2) is 26.7 Å². The number of carbonyl (C=O) groups excluding carboxylic acids is 1. The van der Waals surface area contributed by atoms with Crippen molar-refractivity contribution < 1.29 is 17.9 Å². The number of anilines is 1. The van der Waals surface area contributed by atoms with Gasteiger partial charge >= 0.3 is 5.97 Å². The summed E-state index contributed by atoms with van der Waals surface area (Å²) in [6, 6.07) is 4.55. The van der Waals surface area contributed by atoms with Crippen molar-refractivity contribution in [2.45, 2.75) is 13.8 Å². The molecule has 0 spiro atoms. The highest BCUT2D eigenvalue weighted by Gasteiger charge is 2.12. The van der Waals surface area contributed by atoms with Crippen molar-refractivity contribution in [3.8, 4) is 0 Å². The standard InChI is InChI=1S/C11H14BrNO4S/c1-3-17-11(14)8-5-6-10(9(12)7-8)13-18(15,16)4-2/h5-7,13H,3-4H2,1-2H3. The van der Waals surface area contributed by atoms with Crippen LogP contribution in [-0.2, 0) is 14.8 Å². The van der Waals surface area contributed by atoms with Crippen LogP contribution in [0.4, 0.5) is 5.69 Å². The number of ether oxygens (including phenoxy) is 1. The molecule has 18 heavy (non-hydrogen) atoms. The van der Waals surface area contributed by atoms with Crippen LogP contribution in [0, 0.1) is 0 Å². The van der Waals surface area contributed by atoms with Gasteiger partial charge in [-0.25, -0.2) is 13.2 Å². The average molecular weight is 336 g/mol. The van der Waals surface area contributed by atoms with Gasteiger partial charge in [0.15, 0.2) is 0 Å². The van der Waals surface area contributed by atoms with Crippen LogP contribution in [0.1, 0.15) is 24.2 Å². The van der Waals surface area contributed by atoms with E-state index in [0.29, 0.717) is 22.3 Å². The Bertz CT molecular complexity index is 542. The van der Waals surface area contributed by atoms with Gasteiger partial charge in [0, 0.05) is 4.47 Å². The van der Waals surface area contributed by atoms with Gasteiger partial charge in [-0.1, -0.05) is 0 Å². The van der Waals surface area contributed by atoms with Gasteiger partial charge in [-0.15, -0.1) is 0 Å². The molecular formula is C11H14BrNO4S. The summed E-state index contributed by atoms with van der Waals surface area (Å²) in [5.74, 6) is -0.456. The van der Waals surface area contributed by atoms with E-state index in [4.69, 9.17) is 4.74 Å². The summed E-state index contributed by atoms with van der Waals surface area (Å²) < 4.78 is 30.6. The van der Waals surface area contributed by atoms with Gasteiger partial charge in [-0.2, -0.15) is 0 Å². The fourth-order valence-corrected chi connectivity index (χ4v) is 2.45. The number of nitrogens with one attached hydrogen (secondary N) is 1. The van der Waals surface area contributed by atoms with E-state index in [9.17, 15) is 13.2 Å². The molecule has 0 radical (unpaired) electrons. The van der Waals surface area contributed by atoms with Crippen molar-refractivity contribution >= 4 is 37.6 Å². The predicted octanol–water partition coefficient (Wildman–Crippen LogP) is 2.39. The summed E-state index contributed by atoms with van der Waals surface area (Å²) in [7, 11) is -3.33. The molecule has 0 aliphatic heterocycles. The molecule has 0 aliphatic rings. The zero-order valence-corrected chi connectivity index (χ0v) is 12.5. The lowest BCUT2D eigenvalue weighted by Crippen LogP contribution is -2.15. The number of esters is 1. The minimum Gasteiger partial charge on any atom is -0.462 e. The lowest BCUT2D eigenvalue weighted by Gasteiger charge is -2.09. The molecule has 0 saturated heterocycles. The van der Waals surface area contributed by atoms with E-state index in [-0.39, 0.29) is 5.75 Å². The van der Waals surface area contributed by atoms with E-state index < -0.39 is 16.0 Å². The van der Waals surface area contributed by atoms with E-state index in [1.165, 1.54) is 18.2 Å². The van der Waals surface area contributed by atoms with Gasteiger partial charge in [0.05, 0.1) is 23.6 Å². The Labute approximate surface area is 115 Å². The maximum absolute atomic E-state index is 11.5. The van der Waals surface area contributed by atoms with Crippen LogP contribution in [0.25, 0.3) is 0 Å². The van der Waals surface area contributed by atoms with E-state index in [1.807, 2.05) is 0 Å². The smallest absolute Gasteiger partial charge is 0.338 e. The molecule has 7 heteroatoms. The molecule has 0 atom stereocenters. The third kappa shape index (κ3) is 3.99. The minimum atomic E-state index is -3.33. The third-order valence-electron chi connectivity index (χ3n) is 2.13. The lowest BCUT2D eigenvalue weighted by atomic mass is 10.2. The molecule has 1 N–H and O–H groups in total. The average Bonchev–Trinajstić information content (AvgIpc) is 2.32. The Hall–Kier alpha value is -1.08. The Balaban J connectivity index is 2.97. The Morgan fingerprint density at radius 1 is 1.39 bits per heavy atom. The summed E-state index contributed by atoms with van der Waals surface area (Å²) in [4.78, 5) is 11.5. The summed E-state index contributed by atoms with van der Waals surface area (Å²) in [6.07, 6.45) is 0. The molecule has 0 aromatic heterocycles. The first-order chi connectivity index (χ1) is 8.39. The maximum atomic E-state index is 11.5.